The summed E-state index contributed by atoms with van der Waals surface area (Å²) in [7, 11) is 2.21. The Morgan fingerprint density at radius 3 is 2.45 bits per heavy atom. The zero-order valence-corrected chi connectivity index (χ0v) is 10.6. The number of rotatable bonds is 5. The number of alkyl halides is 4. The van der Waals surface area contributed by atoms with Crippen LogP contribution in [-0.4, -0.2) is 31.5 Å². The highest BCUT2D eigenvalue weighted by Gasteiger charge is 2.35. The lowest BCUT2D eigenvalue weighted by Crippen LogP contribution is -2.20. The van der Waals surface area contributed by atoms with E-state index in [-0.39, 0.29) is 11.4 Å². The molecule has 1 aromatic heterocycles. The predicted molar refractivity (Wildman–Crippen MR) is 58.0 cm³/mol. The second-order valence-corrected chi connectivity index (χ2v) is 3.53. The molecule has 0 aliphatic rings. The normalized spacial score (nSPS) is 11.1. The summed E-state index contributed by atoms with van der Waals surface area (Å²) in [5.41, 5.74) is -0.770. The SMILES string of the molecule is COC(=O)Cc1c(OC)ncc(CF)c1OC(F)(F)F. The van der Waals surface area contributed by atoms with Crippen molar-refractivity contribution in [2.75, 3.05) is 14.2 Å². The van der Waals surface area contributed by atoms with Gasteiger partial charge in [0.15, 0.2) is 0 Å². The molecule has 0 aliphatic heterocycles. The van der Waals surface area contributed by atoms with Gasteiger partial charge in [0.25, 0.3) is 0 Å². The molecular formula is C11H11F4NO4. The standard InChI is InChI=1S/C11H11F4NO4/c1-18-8(17)3-7-9(20-11(13,14)15)6(4-12)5-16-10(7)19-2/h5H,3-4H2,1-2H3. The molecule has 20 heavy (non-hydrogen) atoms. The summed E-state index contributed by atoms with van der Waals surface area (Å²) in [5, 5.41) is 0. The molecule has 0 bridgehead atoms. The zero-order chi connectivity index (χ0) is 15.3. The fourth-order valence-corrected chi connectivity index (χ4v) is 1.45. The Morgan fingerprint density at radius 1 is 1.35 bits per heavy atom. The van der Waals surface area contributed by atoms with E-state index in [9.17, 15) is 22.4 Å². The lowest BCUT2D eigenvalue weighted by molar-refractivity contribution is -0.275. The Hall–Kier alpha value is -2.06. The summed E-state index contributed by atoms with van der Waals surface area (Å²) in [6.45, 7) is -1.24. The lowest BCUT2D eigenvalue weighted by atomic mass is 10.1. The van der Waals surface area contributed by atoms with Crippen molar-refractivity contribution in [2.24, 2.45) is 0 Å². The van der Waals surface area contributed by atoms with E-state index in [1.165, 1.54) is 0 Å². The maximum atomic E-state index is 12.8. The first kappa shape index (κ1) is 16.0. The van der Waals surface area contributed by atoms with Gasteiger partial charge in [0.1, 0.15) is 12.4 Å². The molecule has 0 saturated carbocycles. The Bertz CT molecular complexity index is 490. The minimum absolute atomic E-state index is 0.271. The van der Waals surface area contributed by atoms with Gasteiger partial charge in [-0.05, 0) is 0 Å². The molecule has 1 aromatic rings. The van der Waals surface area contributed by atoms with Gasteiger partial charge < -0.3 is 14.2 Å². The number of ether oxygens (including phenoxy) is 3. The van der Waals surface area contributed by atoms with Gasteiger partial charge in [-0.3, -0.25) is 4.79 Å². The molecule has 0 radical (unpaired) electrons. The predicted octanol–water partition coefficient (Wildman–Crippen LogP) is 2.17. The van der Waals surface area contributed by atoms with Gasteiger partial charge in [-0.25, -0.2) is 9.37 Å². The fraction of sp³-hybridized carbons (Fsp3) is 0.455. The van der Waals surface area contributed by atoms with Gasteiger partial charge in [-0.15, -0.1) is 13.2 Å². The summed E-state index contributed by atoms with van der Waals surface area (Å²) in [6.07, 6.45) is -4.78. The van der Waals surface area contributed by atoms with Crippen LogP contribution in [0, 0.1) is 0 Å². The van der Waals surface area contributed by atoms with Crippen molar-refractivity contribution >= 4 is 5.97 Å². The molecule has 0 aliphatic carbocycles. The monoisotopic (exact) mass is 297 g/mol. The fourth-order valence-electron chi connectivity index (χ4n) is 1.45. The van der Waals surface area contributed by atoms with Crippen molar-refractivity contribution in [3.05, 3.63) is 17.3 Å². The topological polar surface area (TPSA) is 57.7 Å². The smallest absolute Gasteiger partial charge is 0.481 e. The molecule has 0 unspecified atom stereocenters. The molecule has 0 amide bonds. The number of halogens is 4. The summed E-state index contributed by atoms with van der Waals surface area (Å²) in [5.74, 6) is -1.95. The molecule has 0 N–H and O–H groups in total. The molecule has 112 valence electrons. The van der Waals surface area contributed by atoms with Crippen molar-refractivity contribution < 1.29 is 36.6 Å². The van der Waals surface area contributed by atoms with E-state index in [1.807, 2.05) is 0 Å². The van der Waals surface area contributed by atoms with Crippen LogP contribution < -0.4 is 9.47 Å². The Morgan fingerprint density at radius 2 is 2.00 bits per heavy atom. The van der Waals surface area contributed by atoms with E-state index in [0.717, 1.165) is 20.4 Å². The second-order valence-electron chi connectivity index (χ2n) is 3.53. The van der Waals surface area contributed by atoms with Crippen molar-refractivity contribution in [1.29, 1.82) is 0 Å². The largest absolute Gasteiger partial charge is 0.573 e. The van der Waals surface area contributed by atoms with Crippen molar-refractivity contribution in [3.8, 4) is 11.6 Å². The zero-order valence-electron chi connectivity index (χ0n) is 10.6. The van der Waals surface area contributed by atoms with Crippen LogP contribution in [0.4, 0.5) is 17.6 Å². The molecule has 0 fully saturated rings. The van der Waals surface area contributed by atoms with Crippen LogP contribution in [0.3, 0.4) is 0 Å². The molecule has 1 heterocycles. The average Bonchev–Trinajstić information content (AvgIpc) is 2.38. The van der Waals surface area contributed by atoms with Crippen LogP contribution in [-0.2, 0) is 22.6 Å². The molecule has 1 rings (SSSR count). The molecule has 0 aromatic carbocycles. The van der Waals surface area contributed by atoms with Crippen LogP contribution >= 0.6 is 0 Å². The highest BCUT2D eigenvalue weighted by atomic mass is 19.4. The minimum Gasteiger partial charge on any atom is -0.481 e. The van der Waals surface area contributed by atoms with E-state index in [0.29, 0.717) is 0 Å². The molecule has 0 spiro atoms. The highest BCUT2D eigenvalue weighted by molar-refractivity contribution is 5.74. The van der Waals surface area contributed by atoms with Gasteiger partial charge >= 0.3 is 12.3 Å². The number of carbonyl (C=O) groups is 1. The van der Waals surface area contributed by atoms with Crippen molar-refractivity contribution in [1.82, 2.24) is 4.98 Å². The summed E-state index contributed by atoms with van der Waals surface area (Å²) < 4.78 is 62.8. The number of hydrogen-bond acceptors (Lipinski definition) is 5. The van der Waals surface area contributed by atoms with Gasteiger partial charge in [-0.1, -0.05) is 0 Å². The third-order valence-corrected chi connectivity index (χ3v) is 2.27. The van der Waals surface area contributed by atoms with Crippen molar-refractivity contribution in [3.63, 3.8) is 0 Å². The van der Waals surface area contributed by atoms with E-state index < -0.39 is 36.7 Å². The van der Waals surface area contributed by atoms with Crippen LogP contribution in [0.15, 0.2) is 6.20 Å². The van der Waals surface area contributed by atoms with Crippen LogP contribution in [0.25, 0.3) is 0 Å². The number of pyridine rings is 1. The number of nitrogens with zero attached hydrogens (tertiary/aromatic N) is 1. The Labute approximate surface area is 111 Å². The third kappa shape index (κ3) is 3.97. The van der Waals surface area contributed by atoms with Crippen molar-refractivity contribution in [2.45, 2.75) is 19.5 Å². The number of hydrogen-bond donors (Lipinski definition) is 0. The van der Waals surface area contributed by atoms with E-state index >= 15 is 0 Å². The Kier molecular flexibility index (Phi) is 5.12. The van der Waals surface area contributed by atoms with E-state index in [4.69, 9.17) is 4.74 Å². The van der Waals surface area contributed by atoms with Gasteiger partial charge in [0.05, 0.1) is 26.2 Å². The molecule has 5 nitrogen and oxygen atoms in total. The average molecular weight is 297 g/mol. The second kappa shape index (κ2) is 6.40. The van der Waals surface area contributed by atoms with Crippen LogP contribution in [0.2, 0.25) is 0 Å². The maximum Gasteiger partial charge on any atom is 0.573 e. The summed E-state index contributed by atoms with van der Waals surface area (Å²) >= 11 is 0. The number of esters is 1. The molecule has 9 heteroatoms. The number of carbonyl (C=O) groups excluding carboxylic acids is 1. The van der Waals surface area contributed by atoms with E-state index in [1.54, 1.807) is 0 Å². The Balaban J connectivity index is 3.35. The number of aromatic nitrogens is 1. The molecule has 0 saturated heterocycles. The van der Waals surface area contributed by atoms with Gasteiger partial charge in [0.2, 0.25) is 5.88 Å². The third-order valence-electron chi connectivity index (χ3n) is 2.27. The van der Waals surface area contributed by atoms with Gasteiger partial charge in [0, 0.05) is 11.8 Å². The van der Waals surface area contributed by atoms with Crippen LogP contribution in [0.1, 0.15) is 11.1 Å². The summed E-state index contributed by atoms with van der Waals surface area (Å²) in [4.78, 5) is 14.9. The number of methoxy groups -OCH3 is 2. The first-order valence-electron chi connectivity index (χ1n) is 5.25. The first-order chi connectivity index (χ1) is 9.32. The minimum atomic E-state index is -5.04. The molecular weight excluding hydrogens is 286 g/mol. The van der Waals surface area contributed by atoms with Crippen LogP contribution in [0.5, 0.6) is 11.6 Å². The maximum absolute atomic E-state index is 12.8. The first-order valence-corrected chi connectivity index (χ1v) is 5.25. The lowest BCUT2D eigenvalue weighted by Gasteiger charge is -2.17. The summed E-state index contributed by atoms with van der Waals surface area (Å²) in [6, 6.07) is 0. The van der Waals surface area contributed by atoms with Gasteiger partial charge in [-0.2, -0.15) is 0 Å². The van der Waals surface area contributed by atoms with E-state index in [2.05, 4.69) is 14.5 Å². The highest BCUT2D eigenvalue weighted by Crippen LogP contribution is 2.35. The quantitative estimate of drug-likeness (QED) is 0.616. The molecule has 0 atom stereocenters.